The highest BCUT2D eigenvalue weighted by molar-refractivity contribution is 7.49. The van der Waals surface area contributed by atoms with Crippen molar-refractivity contribution in [3.63, 3.8) is 0 Å². The standard InChI is InChI=1S/C17H17N2O7P/c1-11-8-19(17(21)18-16(11)20)15-7-6-13(25-15)10-24-27(22)23-9-12-4-2-3-5-14(12)26-27/h2-8,13,15H,9-10H2,1H3,(H,18,20,21)/t13?,15?,27-/m0/s1. The Balaban J connectivity index is 1.39. The Bertz CT molecular complexity index is 1060. The molecule has 0 radical (unpaired) electrons. The van der Waals surface area contributed by atoms with Crippen LogP contribution in [0.5, 0.6) is 5.75 Å². The van der Waals surface area contributed by atoms with Crippen LogP contribution in [0.2, 0.25) is 0 Å². The molecule has 0 fully saturated rings. The maximum Gasteiger partial charge on any atom is 0.530 e. The van der Waals surface area contributed by atoms with Crippen molar-refractivity contribution in [2.75, 3.05) is 6.61 Å². The second-order valence-corrected chi connectivity index (χ2v) is 7.74. The van der Waals surface area contributed by atoms with Crippen LogP contribution in [0.4, 0.5) is 0 Å². The molecule has 0 spiro atoms. The molecule has 142 valence electrons. The number of aromatic nitrogens is 2. The number of aryl methyl sites for hydroxylation is 1. The van der Waals surface area contributed by atoms with Gasteiger partial charge in [0.1, 0.15) is 11.9 Å². The summed E-state index contributed by atoms with van der Waals surface area (Å²) in [7, 11) is -3.74. The van der Waals surface area contributed by atoms with Gasteiger partial charge in [-0.25, -0.2) is 9.36 Å². The van der Waals surface area contributed by atoms with Crippen molar-refractivity contribution in [1.29, 1.82) is 0 Å². The lowest BCUT2D eigenvalue weighted by Crippen LogP contribution is -2.33. The lowest BCUT2D eigenvalue weighted by Gasteiger charge is -2.25. The molecule has 3 atom stereocenters. The predicted octanol–water partition coefficient (Wildman–Crippen LogP) is 2.03. The molecule has 9 nitrogen and oxygen atoms in total. The van der Waals surface area contributed by atoms with E-state index < -0.39 is 31.4 Å². The Morgan fingerprint density at radius 1 is 1.30 bits per heavy atom. The maximum absolute atomic E-state index is 12.6. The molecule has 0 saturated heterocycles. The highest BCUT2D eigenvalue weighted by Gasteiger charge is 2.35. The van der Waals surface area contributed by atoms with Crippen LogP contribution in [0.3, 0.4) is 0 Å². The Labute approximate surface area is 153 Å². The van der Waals surface area contributed by atoms with Crippen molar-refractivity contribution in [2.45, 2.75) is 25.9 Å². The van der Waals surface area contributed by atoms with E-state index in [1.807, 2.05) is 12.1 Å². The van der Waals surface area contributed by atoms with Crippen LogP contribution < -0.4 is 15.8 Å². The number of nitrogens with zero attached hydrogens (tertiary/aromatic N) is 1. The summed E-state index contributed by atoms with van der Waals surface area (Å²) in [6.07, 6.45) is 3.51. The summed E-state index contributed by atoms with van der Waals surface area (Å²) in [5, 5.41) is 0. The third kappa shape index (κ3) is 3.68. The molecule has 1 aromatic heterocycles. The van der Waals surface area contributed by atoms with Gasteiger partial charge < -0.3 is 9.26 Å². The van der Waals surface area contributed by atoms with Gasteiger partial charge in [-0.15, -0.1) is 0 Å². The molecule has 2 aromatic rings. The van der Waals surface area contributed by atoms with Crippen LogP contribution in [0.25, 0.3) is 0 Å². The van der Waals surface area contributed by atoms with Crippen molar-refractivity contribution in [3.8, 4) is 5.75 Å². The molecule has 0 amide bonds. The number of ether oxygens (including phenoxy) is 1. The summed E-state index contributed by atoms with van der Waals surface area (Å²) < 4.78 is 35.5. The molecule has 1 aromatic carbocycles. The molecular formula is C17H17N2O7P. The Morgan fingerprint density at radius 3 is 2.96 bits per heavy atom. The number of nitrogens with one attached hydrogen (secondary N) is 1. The van der Waals surface area contributed by atoms with E-state index in [1.54, 1.807) is 31.2 Å². The van der Waals surface area contributed by atoms with E-state index in [0.717, 1.165) is 5.56 Å². The molecule has 0 bridgehead atoms. The van der Waals surface area contributed by atoms with Crippen LogP contribution in [0, 0.1) is 6.92 Å². The summed E-state index contributed by atoms with van der Waals surface area (Å²) in [6.45, 7) is 1.64. The number of benzene rings is 1. The van der Waals surface area contributed by atoms with Crippen LogP contribution >= 0.6 is 7.82 Å². The molecular weight excluding hydrogens is 375 g/mol. The Kier molecular flexibility index (Phi) is 4.61. The summed E-state index contributed by atoms with van der Waals surface area (Å²) >= 11 is 0. The number of phosphoric ester groups is 1. The molecule has 4 rings (SSSR count). The zero-order chi connectivity index (χ0) is 19.0. The van der Waals surface area contributed by atoms with Gasteiger partial charge in [-0.2, -0.15) is 0 Å². The molecule has 1 N–H and O–H groups in total. The minimum absolute atomic E-state index is 0.0798. The number of aromatic amines is 1. The first-order valence-corrected chi connectivity index (χ1v) is 9.72. The van der Waals surface area contributed by atoms with Crippen molar-refractivity contribution < 1.29 is 22.9 Å². The van der Waals surface area contributed by atoms with Crippen molar-refractivity contribution in [2.24, 2.45) is 0 Å². The van der Waals surface area contributed by atoms with Gasteiger partial charge in [0.05, 0.1) is 13.2 Å². The fraction of sp³-hybridized carbons (Fsp3) is 0.294. The average Bonchev–Trinajstić information content (AvgIpc) is 3.12. The number of phosphoric acid groups is 1. The highest BCUT2D eigenvalue weighted by atomic mass is 31.2. The average molecular weight is 392 g/mol. The maximum atomic E-state index is 12.6. The van der Waals surface area contributed by atoms with Crippen LogP contribution in [-0.4, -0.2) is 22.3 Å². The SMILES string of the molecule is Cc1cn(C2C=CC(CO[P@]3(=O)OCc4ccccc4O3)O2)c(=O)[nH]c1=O. The Morgan fingerprint density at radius 2 is 2.11 bits per heavy atom. The summed E-state index contributed by atoms with van der Waals surface area (Å²) in [4.78, 5) is 25.6. The first-order chi connectivity index (χ1) is 12.9. The largest absolute Gasteiger partial charge is 0.530 e. The lowest BCUT2D eigenvalue weighted by molar-refractivity contribution is -0.0130. The Hall–Kier alpha value is -2.45. The fourth-order valence-electron chi connectivity index (χ4n) is 2.75. The smallest absolute Gasteiger partial charge is 0.404 e. The van der Waals surface area contributed by atoms with Crippen LogP contribution in [-0.2, 0) is 25.0 Å². The fourth-order valence-corrected chi connectivity index (χ4v) is 3.98. The molecule has 10 heteroatoms. The first kappa shape index (κ1) is 17.9. The van der Waals surface area contributed by atoms with Crippen LogP contribution in [0.15, 0.2) is 52.2 Å². The monoisotopic (exact) mass is 392 g/mol. The highest BCUT2D eigenvalue weighted by Crippen LogP contribution is 2.54. The molecule has 2 unspecified atom stereocenters. The predicted molar refractivity (Wildman–Crippen MR) is 94.5 cm³/mol. The third-order valence-corrected chi connectivity index (χ3v) is 5.51. The topological polar surface area (TPSA) is 109 Å². The number of fused-ring (bicyclic) bond motifs is 1. The van der Waals surface area contributed by atoms with E-state index >= 15 is 0 Å². The second kappa shape index (κ2) is 6.94. The van der Waals surface area contributed by atoms with Gasteiger partial charge in [0.15, 0.2) is 6.23 Å². The number of hydrogen-bond acceptors (Lipinski definition) is 7. The van der Waals surface area contributed by atoms with Crippen molar-refractivity contribution >= 4 is 7.82 Å². The van der Waals surface area contributed by atoms with E-state index in [2.05, 4.69) is 4.98 Å². The molecule has 0 saturated carbocycles. The number of H-pyrrole nitrogens is 1. The quantitative estimate of drug-likeness (QED) is 0.626. The number of rotatable bonds is 4. The van der Waals surface area contributed by atoms with Gasteiger partial charge in [-0.1, -0.05) is 24.3 Å². The van der Waals surface area contributed by atoms with Gasteiger partial charge in [-0.05, 0) is 19.1 Å². The van der Waals surface area contributed by atoms with Crippen molar-refractivity contribution in [3.05, 3.63) is 74.6 Å². The second-order valence-electron chi connectivity index (χ2n) is 6.14. The minimum Gasteiger partial charge on any atom is -0.404 e. The summed E-state index contributed by atoms with van der Waals surface area (Å²) in [5.41, 5.74) is 0.157. The number of hydrogen-bond donors (Lipinski definition) is 1. The zero-order valence-electron chi connectivity index (χ0n) is 14.4. The van der Waals surface area contributed by atoms with E-state index in [0.29, 0.717) is 11.3 Å². The number of para-hydroxylation sites is 1. The zero-order valence-corrected chi connectivity index (χ0v) is 15.3. The molecule has 2 aliphatic heterocycles. The van der Waals surface area contributed by atoms with Gasteiger partial charge in [-0.3, -0.25) is 23.4 Å². The van der Waals surface area contributed by atoms with E-state index in [4.69, 9.17) is 18.3 Å². The molecule has 3 heterocycles. The van der Waals surface area contributed by atoms with E-state index in [1.165, 1.54) is 10.8 Å². The molecule has 2 aliphatic rings. The summed E-state index contributed by atoms with van der Waals surface area (Å²) in [5.74, 6) is 0.461. The van der Waals surface area contributed by atoms with Gasteiger partial charge in [0.25, 0.3) is 5.56 Å². The van der Waals surface area contributed by atoms with Gasteiger partial charge in [0.2, 0.25) is 0 Å². The normalized spacial score (nSPS) is 26.6. The van der Waals surface area contributed by atoms with E-state index in [9.17, 15) is 14.2 Å². The molecule has 0 aliphatic carbocycles. The molecule has 27 heavy (non-hydrogen) atoms. The lowest BCUT2D eigenvalue weighted by atomic mass is 10.2. The van der Waals surface area contributed by atoms with Gasteiger partial charge in [0, 0.05) is 17.3 Å². The van der Waals surface area contributed by atoms with E-state index in [-0.39, 0.29) is 13.2 Å². The third-order valence-electron chi connectivity index (χ3n) is 4.18. The van der Waals surface area contributed by atoms with Crippen LogP contribution in [0.1, 0.15) is 17.4 Å². The minimum atomic E-state index is -3.74. The first-order valence-electron chi connectivity index (χ1n) is 8.26. The van der Waals surface area contributed by atoms with Gasteiger partial charge >= 0.3 is 13.5 Å². The summed E-state index contributed by atoms with van der Waals surface area (Å²) in [6, 6.07) is 7.11. The van der Waals surface area contributed by atoms with Crippen molar-refractivity contribution in [1.82, 2.24) is 9.55 Å².